The van der Waals surface area contributed by atoms with Crippen LogP contribution in [0.2, 0.25) is 0 Å². The van der Waals surface area contributed by atoms with Crippen molar-refractivity contribution < 1.29 is 29.0 Å². The number of rotatable bonds is 4. The quantitative estimate of drug-likeness (QED) is 0.828. The predicted octanol–water partition coefficient (Wildman–Crippen LogP) is 0.0214. The maximum Gasteiger partial charge on any atom is 0.291 e. The molecule has 0 radical (unpaired) electrons. The van der Waals surface area contributed by atoms with E-state index >= 15 is 0 Å². The van der Waals surface area contributed by atoms with Gasteiger partial charge in [-0.05, 0) is 57.4 Å². The van der Waals surface area contributed by atoms with Crippen molar-refractivity contribution in [2.75, 3.05) is 5.32 Å². The van der Waals surface area contributed by atoms with Crippen molar-refractivity contribution >= 4 is 39.5 Å². The first-order chi connectivity index (χ1) is 9.86. The number of carbonyl (C=O) groups excluding carboxylic acids is 3. The molecule has 1 aromatic carbocycles. The van der Waals surface area contributed by atoms with Gasteiger partial charge in [-0.15, -0.1) is 0 Å². The summed E-state index contributed by atoms with van der Waals surface area (Å²) in [6.07, 6.45) is 0. The van der Waals surface area contributed by atoms with Gasteiger partial charge in [0.15, 0.2) is 10.4 Å². The van der Waals surface area contributed by atoms with Crippen LogP contribution in [0.4, 0.5) is 5.69 Å². The van der Waals surface area contributed by atoms with Crippen LogP contribution >= 0.6 is 15.9 Å². The molecule has 0 spiro atoms. The molecule has 108 valence electrons. The molecular formula is C13H6BrNO6-2. The van der Waals surface area contributed by atoms with Crippen molar-refractivity contribution in [1.82, 2.24) is 0 Å². The van der Waals surface area contributed by atoms with Crippen LogP contribution in [0.25, 0.3) is 0 Å². The molecule has 0 saturated carbocycles. The summed E-state index contributed by atoms with van der Waals surface area (Å²) >= 11 is 3.03. The third-order valence-electron chi connectivity index (χ3n) is 2.46. The van der Waals surface area contributed by atoms with E-state index in [1.54, 1.807) is 0 Å². The highest BCUT2D eigenvalue weighted by molar-refractivity contribution is 9.10. The molecule has 1 heterocycles. The van der Waals surface area contributed by atoms with Gasteiger partial charge in [-0.2, -0.15) is 0 Å². The number of hydrogen-bond acceptors (Lipinski definition) is 6. The third kappa shape index (κ3) is 3.48. The Hall–Kier alpha value is -2.61. The Morgan fingerprint density at radius 3 is 2.00 bits per heavy atom. The largest absolute Gasteiger partial charge is 0.545 e. The van der Waals surface area contributed by atoms with Crippen LogP contribution in [0.5, 0.6) is 0 Å². The van der Waals surface area contributed by atoms with E-state index in [0.29, 0.717) is 4.67 Å². The number of hydrogen-bond donors (Lipinski definition) is 1. The Morgan fingerprint density at radius 2 is 1.57 bits per heavy atom. The van der Waals surface area contributed by atoms with E-state index in [1.807, 2.05) is 0 Å². The molecule has 7 nitrogen and oxygen atoms in total. The van der Waals surface area contributed by atoms with E-state index in [2.05, 4.69) is 21.2 Å². The van der Waals surface area contributed by atoms with Crippen LogP contribution in [0.1, 0.15) is 31.3 Å². The van der Waals surface area contributed by atoms with Crippen molar-refractivity contribution in [1.29, 1.82) is 0 Å². The number of carboxylic acids is 2. The minimum absolute atomic E-state index is 0.0317. The lowest BCUT2D eigenvalue weighted by atomic mass is 10.1. The van der Waals surface area contributed by atoms with Gasteiger partial charge in [0, 0.05) is 5.69 Å². The topological polar surface area (TPSA) is 122 Å². The second kappa shape index (κ2) is 5.80. The molecular weight excluding hydrogens is 346 g/mol. The minimum atomic E-state index is -1.57. The van der Waals surface area contributed by atoms with Gasteiger partial charge < -0.3 is 29.5 Å². The van der Waals surface area contributed by atoms with E-state index in [4.69, 9.17) is 4.42 Å². The highest BCUT2D eigenvalue weighted by Gasteiger charge is 2.12. The minimum Gasteiger partial charge on any atom is -0.545 e. The van der Waals surface area contributed by atoms with Crippen LogP contribution in [-0.2, 0) is 0 Å². The Balaban J connectivity index is 2.32. The molecule has 0 aliphatic rings. The first-order valence-corrected chi connectivity index (χ1v) is 6.30. The highest BCUT2D eigenvalue weighted by atomic mass is 79.9. The number of furan rings is 1. The molecule has 0 atom stereocenters. The average molecular weight is 352 g/mol. The van der Waals surface area contributed by atoms with E-state index in [1.165, 1.54) is 12.1 Å². The van der Waals surface area contributed by atoms with Crippen molar-refractivity contribution in [2.24, 2.45) is 0 Å². The summed E-state index contributed by atoms with van der Waals surface area (Å²) in [5.74, 6) is -3.85. The third-order valence-corrected chi connectivity index (χ3v) is 2.89. The molecule has 1 N–H and O–H groups in total. The molecule has 21 heavy (non-hydrogen) atoms. The lowest BCUT2D eigenvalue weighted by Gasteiger charge is -2.11. The van der Waals surface area contributed by atoms with E-state index in [0.717, 1.165) is 18.2 Å². The SMILES string of the molecule is O=C([O-])c1cc(NC(=O)c2ccc(Br)o2)cc(C(=O)[O-])c1. The van der Waals surface area contributed by atoms with Gasteiger partial charge in [0.05, 0.1) is 11.9 Å². The molecule has 8 heteroatoms. The normalized spacial score (nSPS) is 10.1. The smallest absolute Gasteiger partial charge is 0.291 e. The lowest BCUT2D eigenvalue weighted by Crippen LogP contribution is -2.26. The molecule has 0 saturated heterocycles. The van der Waals surface area contributed by atoms with Gasteiger partial charge in [0.1, 0.15) is 0 Å². The van der Waals surface area contributed by atoms with Crippen molar-refractivity contribution in [3.05, 3.63) is 51.9 Å². The second-order valence-corrected chi connectivity index (χ2v) is 4.71. The van der Waals surface area contributed by atoms with Gasteiger partial charge in [0.2, 0.25) is 0 Å². The summed E-state index contributed by atoms with van der Waals surface area (Å²) in [6, 6.07) is 5.90. The fourth-order valence-corrected chi connectivity index (χ4v) is 1.87. The van der Waals surface area contributed by atoms with Crippen LogP contribution in [0.3, 0.4) is 0 Å². The first-order valence-electron chi connectivity index (χ1n) is 5.51. The van der Waals surface area contributed by atoms with Gasteiger partial charge in [-0.1, -0.05) is 0 Å². The number of nitrogens with one attached hydrogen (secondary N) is 1. The number of benzene rings is 1. The zero-order valence-electron chi connectivity index (χ0n) is 10.2. The number of aromatic carboxylic acids is 2. The Bertz CT molecular complexity index is 704. The predicted molar refractivity (Wildman–Crippen MR) is 69.5 cm³/mol. The molecule has 0 fully saturated rings. The number of halogens is 1. The fourth-order valence-electron chi connectivity index (χ4n) is 1.56. The van der Waals surface area contributed by atoms with Crippen LogP contribution in [0.15, 0.2) is 39.4 Å². The molecule has 1 aromatic heterocycles. The first kappa shape index (κ1) is 14.8. The number of anilines is 1. The maximum absolute atomic E-state index is 11.8. The molecule has 1 amide bonds. The van der Waals surface area contributed by atoms with Crippen molar-refractivity contribution in [3.8, 4) is 0 Å². The molecule has 0 aliphatic carbocycles. The molecule has 0 unspecified atom stereocenters. The maximum atomic E-state index is 11.8. The summed E-state index contributed by atoms with van der Waals surface area (Å²) in [7, 11) is 0. The number of carboxylic acid groups (broad SMARTS) is 2. The highest BCUT2D eigenvalue weighted by Crippen LogP contribution is 2.18. The average Bonchev–Trinajstić information content (AvgIpc) is 2.85. The number of carbonyl (C=O) groups is 3. The second-order valence-electron chi connectivity index (χ2n) is 3.93. The molecule has 0 aliphatic heterocycles. The van der Waals surface area contributed by atoms with Crippen LogP contribution < -0.4 is 15.5 Å². The Kier molecular flexibility index (Phi) is 4.08. The Morgan fingerprint density at radius 1 is 1.00 bits per heavy atom. The molecule has 2 aromatic rings. The van der Waals surface area contributed by atoms with Gasteiger partial charge >= 0.3 is 0 Å². The Labute approximate surface area is 126 Å². The van der Waals surface area contributed by atoms with Crippen molar-refractivity contribution in [3.63, 3.8) is 0 Å². The van der Waals surface area contributed by atoms with Crippen LogP contribution in [0, 0.1) is 0 Å². The summed E-state index contributed by atoms with van der Waals surface area (Å²) in [5.41, 5.74) is -0.825. The molecule has 2 rings (SSSR count). The standard InChI is InChI=1S/C13H8BrNO6/c14-10-2-1-9(21-10)11(16)15-8-4-6(12(17)18)3-7(5-8)13(19)20/h1-5H,(H,15,16)(H,17,18)(H,19,20)/p-2. The van der Waals surface area contributed by atoms with E-state index in [-0.39, 0.29) is 11.4 Å². The zero-order chi connectivity index (χ0) is 15.6. The zero-order valence-corrected chi connectivity index (χ0v) is 11.8. The van der Waals surface area contributed by atoms with Crippen LogP contribution in [-0.4, -0.2) is 17.8 Å². The van der Waals surface area contributed by atoms with E-state index < -0.39 is 29.0 Å². The monoisotopic (exact) mass is 351 g/mol. The van der Waals surface area contributed by atoms with Gasteiger partial charge in [-0.25, -0.2) is 0 Å². The molecule has 0 bridgehead atoms. The fraction of sp³-hybridized carbons (Fsp3) is 0. The lowest BCUT2D eigenvalue weighted by molar-refractivity contribution is -0.255. The van der Waals surface area contributed by atoms with E-state index in [9.17, 15) is 24.6 Å². The van der Waals surface area contributed by atoms with Gasteiger partial charge in [-0.3, -0.25) is 4.79 Å². The summed E-state index contributed by atoms with van der Waals surface area (Å²) in [5, 5.41) is 24.0. The number of amides is 1. The van der Waals surface area contributed by atoms with Gasteiger partial charge in [0.25, 0.3) is 5.91 Å². The summed E-state index contributed by atoms with van der Waals surface area (Å²) < 4.78 is 5.36. The summed E-state index contributed by atoms with van der Waals surface area (Å²) in [4.78, 5) is 33.5. The summed E-state index contributed by atoms with van der Waals surface area (Å²) in [6.45, 7) is 0. The van der Waals surface area contributed by atoms with Crippen molar-refractivity contribution in [2.45, 2.75) is 0 Å².